The lowest BCUT2D eigenvalue weighted by molar-refractivity contribution is 0.0526. The normalized spacial score (nSPS) is 9.76. The quantitative estimate of drug-likeness (QED) is 0.804. The van der Waals surface area contributed by atoms with Crippen LogP contribution in [0.2, 0.25) is 0 Å². The maximum Gasteiger partial charge on any atom is 0.338 e. The number of ether oxygens (including phenoxy) is 1. The Morgan fingerprint density at radius 1 is 1.10 bits per heavy atom. The summed E-state index contributed by atoms with van der Waals surface area (Å²) in [5.41, 5.74) is 3.09. The maximum atomic E-state index is 11.6. The van der Waals surface area contributed by atoms with E-state index in [0.717, 1.165) is 11.4 Å². The Hall–Kier alpha value is -2.80. The number of nitrogens with zero attached hydrogens (tertiary/aromatic N) is 2. The van der Waals surface area contributed by atoms with Gasteiger partial charge < -0.3 is 9.64 Å². The Labute approximate surface area is 124 Å². The van der Waals surface area contributed by atoms with Crippen LogP contribution < -0.4 is 4.90 Å². The Morgan fingerprint density at radius 3 is 2.10 bits per heavy atom. The van der Waals surface area contributed by atoms with Gasteiger partial charge in [-0.2, -0.15) is 5.26 Å². The fourth-order valence-corrected chi connectivity index (χ4v) is 1.94. The van der Waals surface area contributed by atoms with Gasteiger partial charge in [0, 0.05) is 18.4 Å². The molecule has 0 heterocycles. The summed E-state index contributed by atoms with van der Waals surface area (Å²) < 4.78 is 4.96. The van der Waals surface area contributed by atoms with E-state index in [0.29, 0.717) is 17.7 Å². The van der Waals surface area contributed by atoms with Gasteiger partial charge in [0.15, 0.2) is 0 Å². The number of carbonyl (C=O) groups is 1. The standard InChI is InChI=1S/C17H16N2O2/c1-3-21-17(20)14-6-10-16(11-7-14)19(2)15-8-4-13(12-18)5-9-15/h4-11H,3H2,1-2H3. The summed E-state index contributed by atoms with van der Waals surface area (Å²) in [7, 11) is 1.93. The van der Waals surface area contributed by atoms with Gasteiger partial charge in [-0.05, 0) is 55.5 Å². The minimum atomic E-state index is -0.315. The van der Waals surface area contributed by atoms with Crippen LogP contribution in [0.3, 0.4) is 0 Å². The SMILES string of the molecule is CCOC(=O)c1ccc(N(C)c2ccc(C#N)cc2)cc1. The number of rotatable bonds is 4. The van der Waals surface area contributed by atoms with Crippen molar-refractivity contribution in [3.05, 3.63) is 59.7 Å². The average molecular weight is 280 g/mol. The second-order valence-corrected chi connectivity index (χ2v) is 4.49. The molecule has 0 aliphatic rings. The molecule has 0 aromatic heterocycles. The van der Waals surface area contributed by atoms with Gasteiger partial charge in [0.2, 0.25) is 0 Å². The van der Waals surface area contributed by atoms with Gasteiger partial charge in [0.25, 0.3) is 0 Å². The van der Waals surface area contributed by atoms with Gasteiger partial charge in [0.1, 0.15) is 0 Å². The third-order valence-corrected chi connectivity index (χ3v) is 3.15. The molecule has 2 aromatic rings. The van der Waals surface area contributed by atoms with Crippen LogP contribution in [0.25, 0.3) is 0 Å². The van der Waals surface area contributed by atoms with E-state index < -0.39 is 0 Å². The van der Waals surface area contributed by atoms with Crippen LogP contribution in [0.15, 0.2) is 48.5 Å². The molecule has 0 saturated heterocycles. The third-order valence-electron chi connectivity index (χ3n) is 3.15. The summed E-state index contributed by atoms with van der Waals surface area (Å²) in [5, 5.41) is 8.80. The number of anilines is 2. The third kappa shape index (κ3) is 3.40. The smallest absolute Gasteiger partial charge is 0.338 e. The van der Waals surface area contributed by atoms with Gasteiger partial charge in [0.05, 0.1) is 23.8 Å². The molecule has 2 rings (SSSR count). The summed E-state index contributed by atoms with van der Waals surface area (Å²) >= 11 is 0. The zero-order valence-corrected chi connectivity index (χ0v) is 12.0. The number of nitriles is 1. The number of hydrogen-bond donors (Lipinski definition) is 0. The first-order valence-corrected chi connectivity index (χ1v) is 6.66. The van der Waals surface area contributed by atoms with Crippen molar-refractivity contribution in [2.45, 2.75) is 6.92 Å². The summed E-state index contributed by atoms with van der Waals surface area (Å²) in [6.45, 7) is 2.15. The number of hydrogen-bond acceptors (Lipinski definition) is 4. The van der Waals surface area contributed by atoms with Gasteiger partial charge in [-0.3, -0.25) is 0 Å². The van der Waals surface area contributed by atoms with Crippen LogP contribution in [0, 0.1) is 11.3 Å². The zero-order chi connectivity index (χ0) is 15.2. The minimum absolute atomic E-state index is 0.315. The van der Waals surface area contributed by atoms with E-state index in [9.17, 15) is 4.79 Å². The predicted octanol–water partition coefficient (Wildman–Crippen LogP) is 3.50. The van der Waals surface area contributed by atoms with Crippen LogP contribution in [-0.4, -0.2) is 19.6 Å². The average Bonchev–Trinajstić information content (AvgIpc) is 2.54. The van der Waals surface area contributed by atoms with Gasteiger partial charge in [-0.1, -0.05) is 0 Å². The second-order valence-electron chi connectivity index (χ2n) is 4.49. The highest BCUT2D eigenvalue weighted by molar-refractivity contribution is 5.90. The highest BCUT2D eigenvalue weighted by Gasteiger charge is 2.08. The van der Waals surface area contributed by atoms with Crippen molar-refractivity contribution in [2.75, 3.05) is 18.6 Å². The summed E-state index contributed by atoms with van der Waals surface area (Å²) in [6, 6.07) is 16.6. The molecule has 4 heteroatoms. The molecule has 0 aliphatic heterocycles. The van der Waals surface area contributed by atoms with Gasteiger partial charge >= 0.3 is 5.97 Å². The van der Waals surface area contributed by atoms with Crippen molar-refractivity contribution in [1.29, 1.82) is 5.26 Å². The lowest BCUT2D eigenvalue weighted by atomic mass is 10.1. The fraction of sp³-hybridized carbons (Fsp3) is 0.176. The molecule has 0 bridgehead atoms. The van der Waals surface area contributed by atoms with E-state index in [2.05, 4.69) is 6.07 Å². The van der Waals surface area contributed by atoms with Crippen molar-refractivity contribution in [3.63, 3.8) is 0 Å². The predicted molar refractivity (Wildman–Crippen MR) is 81.6 cm³/mol. The Morgan fingerprint density at radius 2 is 1.62 bits per heavy atom. The Bertz CT molecular complexity index is 655. The Kier molecular flexibility index (Phi) is 4.57. The molecular weight excluding hydrogens is 264 g/mol. The summed E-state index contributed by atoms with van der Waals surface area (Å²) in [5.74, 6) is -0.315. The molecule has 0 radical (unpaired) electrons. The lowest BCUT2D eigenvalue weighted by Crippen LogP contribution is -2.10. The summed E-state index contributed by atoms with van der Waals surface area (Å²) in [4.78, 5) is 13.6. The summed E-state index contributed by atoms with van der Waals surface area (Å²) in [6.07, 6.45) is 0. The molecule has 0 aliphatic carbocycles. The lowest BCUT2D eigenvalue weighted by Gasteiger charge is -2.19. The van der Waals surface area contributed by atoms with Crippen LogP contribution in [0.5, 0.6) is 0 Å². The Balaban J connectivity index is 2.17. The molecule has 2 aromatic carbocycles. The minimum Gasteiger partial charge on any atom is -0.462 e. The van der Waals surface area contributed by atoms with Crippen LogP contribution in [0.1, 0.15) is 22.8 Å². The molecule has 0 unspecified atom stereocenters. The van der Waals surface area contributed by atoms with Crippen molar-refractivity contribution < 1.29 is 9.53 Å². The van der Waals surface area contributed by atoms with E-state index >= 15 is 0 Å². The van der Waals surface area contributed by atoms with Crippen LogP contribution in [0.4, 0.5) is 11.4 Å². The van der Waals surface area contributed by atoms with Gasteiger partial charge in [-0.15, -0.1) is 0 Å². The van der Waals surface area contributed by atoms with E-state index in [1.54, 1.807) is 31.2 Å². The molecule has 0 amide bonds. The van der Waals surface area contributed by atoms with E-state index in [1.165, 1.54) is 0 Å². The first-order chi connectivity index (χ1) is 10.2. The van der Waals surface area contributed by atoms with Crippen LogP contribution in [-0.2, 0) is 4.74 Å². The molecule has 0 spiro atoms. The molecule has 0 fully saturated rings. The first kappa shape index (κ1) is 14.6. The zero-order valence-electron chi connectivity index (χ0n) is 12.0. The van der Waals surface area contributed by atoms with E-state index in [1.807, 2.05) is 36.2 Å². The molecule has 0 N–H and O–H groups in total. The van der Waals surface area contributed by atoms with Crippen molar-refractivity contribution in [1.82, 2.24) is 0 Å². The monoisotopic (exact) mass is 280 g/mol. The second kappa shape index (κ2) is 6.58. The molecule has 0 atom stereocenters. The fourth-order valence-electron chi connectivity index (χ4n) is 1.94. The highest BCUT2D eigenvalue weighted by atomic mass is 16.5. The van der Waals surface area contributed by atoms with E-state index in [4.69, 9.17) is 10.00 Å². The number of esters is 1. The largest absolute Gasteiger partial charge is 0.462 e. The van der Waals surface area contributed by atoms with Crippen molar-refractivity contribution in [2.24, 2.45) is 0 Å². The van der Waals surface area contributed by atoms with Gasteiger partial charge in [-0.25, -0.2) is 4.79 Å². The number of carbonyl (C=O) groups excluding carboxylic acids is 1. The number of benzene rings is 2. The highest BCUT2D eigenvalue weighted by Crippen LogP contribution is 2.24. The van der Waals surface area contributed by atoms with E-state index in [-0.39, 0.29) is 5.97 Å². The molecule has 21 heavy (non-hydrogen) atoms. The first-order valence-electron chi connectivity index (χ1n) is 6.66. The molecular formula is C17H16N2O2. The van der Waals surface area contributed by atoms with Crippen molar-refractivity contribution >= 4 is 17.3 Å². The van der Waals surface area contributed by atoms with Crippen LogP contribution >= 0.6 is 0 Å². The molecule has 106 valence electrons. The maximum absolute atomic E-state index is 11.6. The molecule has 4 nitrogen and oxygen atoms in total. The topological polar surface area (TPSA) is 53.3 Å². The molecule has 0 saturated carbocycles. The van der Waals surface area contributed by atoms with Crippen molar-refractivity contribution in [3.8, 4) is 6.07 Å².